The number of ether oxygens (including phenoxy) is 2. The minimum absolute atomic E-state index is 0.300. The van der Waals surface area contributed by atoms with Crippen LogP contribution in [0.5, 0.6) is 11.5 Å². The van der Waals surface area contributed by atoms with E-state index in [0.717, 1.165) is 0 Å². The molecule has 2 aromatic carbocycles. The molecule has 144 valence electrons. The monoisotopic (exact) mass is 388 g/mol. The van der Waals surface area contributed by atoms with Crippen molar-refractivity contribution < 1.29 is 27.4 Å². The van der Waals surface area contributed by atoms with Crippen LogP contribution < -0.4 is 14.8 Å². The summed E-state index contributed by atoms with van der Waals surface area (Å²) >= 11 is 0. The summed E-state index contributed by atoms with van der Waals surface area (Å²) in [6.45, 7) is 0. The molecular formula is C20H15F3N2O3. The lowest BCUT2D eigenvalue weighted by Gasteiger charge is -2.10. The molecule has 5 nitrogen and oxygen atoms in total. The third-order valence-electron chi connectivity index (χ3n) is 3.72. The van der Waals surface area contributed by atoms with E-state index in [9.17, 15) is 18.0 Å². The molecule has 1 aromatic heterocycles. The van der Waals surface area contributed by atoms with Crippen molar-refractivity contribution in [3.05, 3.63) is 72.4 Å². The second-order valence-corrected chi connectivity index (χ2v) is 5.69. The summed E-state index contributed by atoms with van der Waals surface area (Å²) in [5.41, 5.74) is 1.70. The second-order valence-electron chi connectivity index (χ2n) is 5.69. The molecule has 0 spiro atoms. The van der Waals surface area contributed by atoms with Crippen LogP contribution in [0.1, 0.15) is 10.4 Å². The van der Waals surface area contributed by atoms with Crippen LogP contribution in [0.4, 0.5) is 18.9 Å². The molecule has 0 unspecified atom stereocenters. The quantitative estimate of drug-likeness (QED) is 0.675. The summed E-state index contributed by atoms with van der Waals surface area (Å²) in [6.07, 6.45) is -3.42. The van der Waals surface area contributed by atoms with Crippen LogP contribution >= 0.6 is 0 Å². The van der Waals surface area contributed by atoms with Crippen molar-refractivity contribution in [2.45, 2.75) is 6.36 Å². The first-order chi connectivity index (χ1) is 13.3. The van der Waals surface area contributed by atoms with Crippen molar-refractivity contribution in [2.24, 2.45) is 0 Å². The van der Waals surface area contributed by atoms with Crippen LogP contribution in [0, 0.1) is 0 Å². The molecule has 0 atom stereocenters. The first-order valence-corrected chi connectivity index (χ1v) is 8.12. The van der Waals surface area contributed by atoms with E-state index in [1.54, 1.807) is 36.4 Å². The molecular weight excluding hydrogens is 373 g/mol. The second kappa shape index (κ2) is 7.99. The summed E-state index contributed by atoms with van der Waals surface area (Å²) in [5.74, 6) is -0.111. The smallest absolute Gasteiger partial charge is 0.497 e. The number of hydrogen-bond acceptors (Lipinski definition) is 4. The molecule has 0 radical (unpaired) electrons. The first-order valence-electron chi connectivity index (χ1n) is 8.12. The SMILES string of the molecule is COc1cccc(NC(=O)c2ccc(-c3cccc(OC(F)(F)F)c3)nc2)c1. The number of aromatic nitrogens is 1. The fourth-order valence-corrected chi connectivity index (χ4v) is 2.46. The van der Waals surface area contributed by atoms with Gasteiger partial charge in [-0.25, -0.2) is 0 Å². The van der Waals surface area contributed by atoms with Gasteiger partial charge in [0.2, 0.25) is 0 Å². The van der Waals surface area contributed by atoms with Crippen molar-refractivity contribution in [3.8, 4) is 22.8 Å². The van der Waals surface area contributed by atoms with Crippen molar-refractivity contribution in [3.63, 3.8) is 0 Å². The molecule has 0 bridgehead atoms. The number of anilines is 1. The molecule has 28 heavy (non-hydrogen) atoms. The Balaban J connectivity index is 1.74. The highest BCUT2D eigenvalue weighted by molar-refractivity contribution is 6.04. The van der Waals surface area contributed by atoms with Crippen molar-refractivity contribution in [2.75, 3.05) is 12.4 Å². The predicted octanol–water partition coefficient (Wildman–Crippen LogP) is 4.91. The van der Waals surface area contributed by atoms with Crippen LogP contribution in [0.3, 0.4) is 0 Å². The normalized spacial score (nSPS) is 11.0. The summed E-state index contributed by atoms with van der Waals surface area (Å²) < 4.78 is 46.1. The van der Waals surface area contributed by atoms with E-state index in [2.05, 4.69) is 15.0 Å². The van der Waals surface area contributed by atoms with Gasteiger partial charge in [-0.05, 0) is 36.4 Å². The third-order valence-corrected chi connectivity index (χ3v) is 3.72. The Kier molecular flexibility index (Phi) is 5.49. The fraction of sp³-hybridized carbons (Fsp3) is 0.100. The summed E-state index contributed by atoms with van der Waals surface area (Å²) in [7, 11) is 1.53. The van der Waals surface area contributed by atoms with Gasteiger partial charge in [0.25, 0.3) is 5.91 Å². The number of methoxy groups -OCH3 is 1. The number of nitrogens with one attached hydrogen (secondary N) is 1. The van der Waals surface area contributed by atoms with Crippen LogP contribution in [0.2, 0.25) is 0 Å². The standard InChI is InChI=1S/C20H15F3N2O3/c1-27-16-6-3-5-15(11-16)25-19(26)14-8-9-18(24-12-14)13-4-2-7-17(10-13)28-20(21,22)23/h2-12H,1H3,(H,25,26). The van der Waals surface area contributed by atoms with E-state index >= 15 is 0 Å². The fourth-order valence-electron chi connectivity index (χ4n) is 2.46. The topological polar surface area (TPSA) is 60.5 Å². The zero-order valence-electron chi connectivity index (χ0n) is 14.7. The maximum atomic E-state index is 12.4. The van der Waals surface area contributed by atoms with E-state index in [1.807, 2.05) is 0 Å². The predicted molar refractivity (Wildman–Crippen MR) is 97.3 cm³/mol. The maximum Gasteiger partial charge on any atom is 0.573 e. The van der Waals surface area contributed by atoms with Crippen molar-refractivity contribution >= 4 is 11.6 Å². The molecule has 0 fully saturated rings. The Hall–Kier alpha value is -3.55. The highest BCUT2D eigenvalue weighted by Gasteiger charge is 2.31. The molecule has 0 saturated heterocycles. The number of alkyl halides is 3. The molecule has 1 amide bonds. The zero-order chi connectivity index (χ0) is 20.1. The van der Waals surface area contributed by atoms with Gasteiger partial charge in [0, 0.05) is 23.5 Å². The molecule has 3 rings (SSSR count). The molecule has 0 aliphatic heterocycles. The molecule has 1 N–H and O–H groups in total. The molecule has 0 aliphatic rings. The van der Waals surface area contributed by atoms with Crippen LogP contribution in [-0.2, 0) is 0 Å². The Morgan fingerprint density at radius 1 is 1.00 bits per heavy atom. The van der Waals surface area contributed by atoms with E-state index in [-0.39, 0.29) is 11.7 Å². The van der Waals surface area contributed by atoms with Gasteiger partial charge in [0.15, 0.2) is 0 Å². The number of pyridine rings is 1. The number of benzene rings is 2. The van der Waals surface area contributed by atoms with Gasteiger partial charge >= 0.3 is 6.36 Å². The lowest BCUT2D eigenvalue weighted by molar-refractivity contribution is -0.274. The zero-order valence-corrected chi connectivity index (χ0v) is 14.7. The Labute approximate surface area is 158 Å². The number of carbonyl (C=O) groups is 1. The molecule has 0 saturated carbocycles. The molecule has 3 aromatic rings. The van der Waals surface area contributed by atoms with Gasteiger partial charge in [-0.2, -0.15) is 0 Å². The van der Waals surface area contributed by atoms with Gasteiger partial charge in [-0.3, -0.25) is 9.78 Å². The van der Waals surface area contributed by atoms with E-state index in [1.165, 1.54) is 37.6 Å². The van der Waals surface area contributed by atoms with Gasteiger partial charge in [0.05, 0.1) is 18.4 Å². The minimum Gasteiger partial charge on any atom is -0.497 e. The van der Waals surface area contributed by atoms with E-state index < -0.39 is 6.36 Å². The number of amides is 1. The number of carbonyl (C=O) groups excluding carboxylic acids is 1. The Morgan fingerprint density at radius 3 is 2.43 bits per heavy atom. The number of nitrogens with zero attached hydrogens (tertiary/aromatic N) is 1. The Morgan fingerprint density at radius 2 is 1.75 bits per heavy atom. The van der Waals surface area contributed by atoms with Gasteiger partial charge in [-0.15, -0.1) is 13.2 Å². The number of halogens is 3. The number of hydrogen-bond donors (Lipinski definition) is 1. The molecule has 1 heterocycles. The molecule has 8 heteroatoms. The third kappa shape index (κ3) is 5.00. The summed E-state index contributed by atoms with van der Waals surface area (Å²) in [4.78, 5) is 16.5. The van der Waals surface area contributed by atoms with Crippen LogP contribution in [0.15, 0.2) is 66.9 Å². The maximum absolute atomic E-state index is 12.4. The van der Waals surface area contributed by atoms with Gasteiger partial charge in [0.1, 0.15) is 11.5 Å². The van der Waals surface area contributed by atoms with Crippen LogP contribution in [0.25, 0.3) is 11.3 Å². The molecule has 0 aliphatic carbocycles. The average molecular weight is 388 g/mol. The van der Waals surface area contributed by atoms with E-state index in [4.69, 9.17) is 4.74 Å². The number of rotatable bonds is 5. The average Bonchev–Trinajstić information content (AvgIpc) is 2.67. The van der Waals surface area contributed by atoms with E-state index in [0.29, 0.717) is 28.3 Å². The largest absolute Gasteiger partial charge is 0.573 e. The Bertz CT molecular complexity index is 973. The summed E-state index contributed by atoms with van der Waals surface area (Å²) in [5, 5.41) is 2.72. The highest BCUT2D eigenvalue weighted by Crippen LogP contribution is 2.27. The summed E-state index contributed by atoms with van der Waals surface area (Å²) in [6, 6.07) is 15.4. The van der Waals surface area contributed by atoms with Crippen molar-refractivity contribution in [1.29, 1.82) is 0 Å². The lowest BCUT2D eigenvalue weighted by Crippen LogP contribution is -2.17. The van der Waals surface area contributed by atoms with Crippen molar-refractivity contribution in [1.82, 2.24) is 4.98 Å². The lowest BCUT2D eigenvalue weighted by atomic mass is 10.1. The van der Waals surface area contributed by atoms with Gasteiger partial charge in [-0.1, -0.05) is 18.2 Å². The minimum atomic E-state index is -4.77. The first kappa shape index (κ1) is 19.2. The van der Waals surface area contributed by atoms with Gasteiger partial charge < -0.3 is 14.8 Å². The highest BCUT2D eigenvalue weighted by atomic mass is 19.4. The van der Waals surface area contributed by atoms with Crippen LogP contribution in [-0.4, -0.2) is 24.4 Å².